The molecule has 0 aliphatic rings. The highest BCUT2D eigenvalue weighted by molar-refractivity contribution is 5.93. The summed E-state index contributed by atoms with van der Waals surface area (Å²) < 4.78 is 0. The van der Waals surface area contributed by atoms with Crippen molar-refractivity contribution in [3.05, 3.63) is 95.1 Å². The average Bonchev–Trinajstić information content (AvgIpc) is 2.85. The Labute approximate surface area is 204 Å². The molecule has 0 fully saturated rings. The van der Waals surface area contributed by atoms with Gasteiger partial charge in [-0.1, -0.05) is 55.5 Å². The van der Waals surface area contributed by atoms with Crippen LogP contribution in [0.4, 0.5) is 0 Å². The van der Waals surface area contributed by atoms with Gasteiger partial charge in [-0.2, -0.15) is 5.26 Å². The van der Waals surface area contributed by atoms with Gasteiger partial charge >= 0.3 is 0 Å². The maximum atomic E-state index is 13.7. The number of aliphatic imine (C=N–C) groups is 1. The Morgan fingerprint density at radius 2 is 1.82 bits per heavy atom. The van der Waals surface area contributed by atoms with Crippen molar-refractivity contribution >= 4 is 12.6 Å². The van der Waals surface area contributed by atoms with E-state index in [4.69, 9.17) is 0 Å². The zero-order valence-corrected chi connectivity index (χ0v) is 20.8. The lowest BCUT2D eigenvalue weighted by molar-refractivity contribution is -0.127. The first kappa shape index (κ1) is 26.4. The summed E-state index contributed by atoms with van der Waals surface area (Å²) in [6.45, 7) is 13.4. The van der Waals surface area contributed by atoms with Crippen molar-refractivity contribution in [2.75, 3.05) is 27.2 Å². The Morgan fingerprint density at radius 3 is 2.41 bits per heavy atom. The molecule has 0 radical (unpaired) electrons. The standard InChI is InChI=1S/C28H35N5O/c1-7-17-32(6)28(34)26(27(30-4)31(5)8-2)33(21-24-14-12-22(3)13-15-24)18-16-23-10-9-11-25(19-23)20-29/h8-15,19H,2,4,7,16-18,21H2,1,3,5-6H3/b27-26+. The Bertz CT molecular complexity index is 1060. The number of hydrogen-bond acceptors (Lipinski definition) is 5. The number of amides is 1. The summed E-state index contributed by atoms with van der Waals surface area (Å²) in [5.41, 5.74) is 4.40. The molecule has 6 heteroatoms. The number of carbonyl (C=O) groups is 1. The van der Waals surface area contributed by atoms with Gasteiger partial charge in [0, 0.05) is 33.7 Å². The van der Waals surface area contributed by atoms with Crippen molar-refractivity contribution in [3.63, 3.8) is 0 Å². The van der Waals surface area contributed by atoms with Gasteiger partial charge in [0.2, 0.25) is 0 Å². The molecule has 0 unspecified atom stereocenters. The number of hydrogen-bond donors (Lipinski definition) is 0. The summed E-state index contributed by atoms with van der Waals surface area (Å²) in [4.78, 5) is 23.4. The number of aryl methyl sites for hydroxylation is 1. The van der Waals surface area contributed by atoms with Crippen LogP contribution in [0, 0.1) is 18.3 Å². The van der Waals surface area contributed by atoms with E-state index in [0.717, 1.165) is 17.5 Å². The van der Waals surface area contributed by atoms with Gasteiger partial charge in [0.15, 0.2) is 5.82 Å². The molecule has 0 bridgehead atoms. The Balaban J connectivity index is 2.55. The van der Waals surface area contributed by atoms with Gasteiger partial charge in [0.25, 0.3) is 5.91 Å². The summed E-state index contributed by atoms with van der Waals surface area (Å²) in [5.74, 6) is 0.344. The van der Waals surface area contributed by atoms with Crippen LogP contribution in [0.2, 0.25) is 0 Å². The van der Waals surface area contributed by atoms with Crippen molar-refractivity contribution < 1.29 is 4.79 Å². The monoisotopic (exact) mass is 457 g/mol. The summed E-state index contributed by atoms with van der Waals surface area (Å²) in [7, 11) is 3.62. The van der Waals surface area contributed by atoms with Gasteiger partial charge in [0.05, 0.1) is 11.6 Å². The number of nitriles is 1. The number of likely N-dealkylation sites (N-methyl/N-ethyl adjacent to an activating group) is 1. The Morgan fingerprint density at radius 1 is 1.12 bits per heavy atom. The lowest BCUT2D eigenvalue weighted by Gasteiger charge is -2.32. The maximum Gasteiger partial charge on any atom is 0.273 e. The van der Waals surface area contributed by atoms with E-state index in [9.17, 15) is 10.1 Å². The molecular formula is C28H35N5O. The molecule has 1 amide bonds. The fourth-order valence-corrected chi connectivity index (χ4v) is 3.67. The van der Waals surface area contributed by atoms with Crippen LogP contribution in [0.5, 0.6) is 0 Å². The summed E-state index contributed by atoms with van der Waals surface area (Å²) >= 11 is 0. The summed E-state index contributed by atoms with van der Waals surface area (Å²) in [5, 5.41) is 9.27. The third kappa shape index (κ3) is 7.08. The van der Waals surface area contributed by atoms with Crippen LogP contribution in [0.3, 0.4) is 0 Å². The van der Waals surface area contributed by atoms with Crippen LogP contribution >= 0.6 is 0 Å². The number of rotatable bonds is 12. The summed E-state index contributed by atoms with van der Waals surface area (Å²) in [6.07, 6.45) is 3.14. The molecular weight excluding hydrogens is 422 g/mol. The van der Waals surface area contributed by atoms with Crippen molar-refractivity contribution in [2.45, 2.75) is 33.2 Å². The molecule has 2 aromatic carbocycles. The predicted molar refractivity (Wildman–Crippen MR) is 139 cm³/mol. The molecule has 0 N–H and O–H groups in total. The largest absolute Gasteiger partial charge is 0.359 e. The molecule has 0 atom stereocenters. The predicted octanol–water partition coefficient (Wildman–Crippen LogP) is 4.72. The van der Waals surface area contributed by atoms with Crippen molar-refractivity contribution in [1.82, 2.24) is 14.7 Å². The molecule has 0 saturated carbocycles. The zero-order valence-electron chi connectivity index (χ0n) is 20.8. The van der Waals surface area contributed by atoms with E-state index in [-0.39, 0.29) is 5.91 Å². The third-order valence-corrected chi connectivity index (χ3v) is 5.61. The maximum absolute atomic E-state index is 13.7. The number of carbonyl (C=O) groups excluding carboxylic acids is 1. The van der Waals surface area contributed by atoms with Crippen LogP contribution in [-0.4, -0.2) is 54.5 Å². The molecule has 2 aromatic rings. The average molecular weight is 458 g/mol. The highest BCUT2D eigenvalue weighted by Gasteiger charge is 2.26. The fourth-order valence-electron chi connectivity index (χ4n) is 3.67. The van der Waals surface area contributed by atoms with Crippen LogP contribution in [0.15, 0.2) is 77.8 Å². The van der Waals surface area contributed by atoms with Gasteiger partial charge in [-0.3, -0.25) is 4.79 Å². The van der Waals surface area contributed by atoms with Crippen molar-refractivity contribution in [3.8, 4) is 6.07 Å². The molecule has 0 heterocycles. The SMILES string of the molecule is C=CN(C)/C(N=C)=C(\C(=O)N(C)CCC)N(CCc1cccc(C#N)c1)Cc1ccc(C)cc1. The normalized spacial score (nSPS) is 11.1. The third-order valence-electron chi connectivity index (χ3n) is 5.61. The zero-order chi connectivity index (χ0) is 25.1. The minimum absolute atomic E-state index is 0.115. The lowest BCUT2D eigenvalue weighted by atomic mass is 10.1. The Kier molecular flexibility index (Phi) is 10.1. The highest BCUT2D eigenvalue weighted by Crippen LogP contribution is 2.22. The molecule has 0 aliphatic heterocycles. The van der Waals surface area contributed by atoms with Crippen LogP contribution in [0.1, 0.15) is 35.6 Å². The molecule has 178 valence electrons. The van der Waals surface area contributed by atoms with Gasteiger partial charge < -0.3 is 14.7 Å². The molecule has 34 heavy (non-hydrogen) atoms. The first-order valence-corrected chi connectivity index (χ1v) is 11.5. The minimum Gasteiger partial charge on any atom is -0.359 e. The van der Waals surface area contributed by atoms with Crippen LogP contribution in [0.25, 0.3) is 0 Å². The second kappa shape index (κ2) is 13.0. The first-order chi connectivity index (χ1) is 16.3. The van der Waals surface area contributed by atoms with Gasteiger partial charge in [-0.15, -0.1) is 0 Å². The van der Waals surface area contributed by atoms with E-state index >= 15 is 0 Å². The lowest BCUT2D eigenvalue weighted by Crippen LogP contribution is -2.39. The van der Waals surface area contributed by atoms with Crippen LogP contribution < -0.4 is 0 Å². The number of benzene rings is 2. The smallest absolute Gasteiger partial charge is 0.273 e. The quantitative estimate of drug-likeness (QED) is 0.342. The first-order valence-electron chi connectivity index (χ1n) is 11.5. The van der Waals surface area contributed by atoms with E-state index < -0.39 is 0 Å². The van der Waals surface area contributed by atoms with Gasteiger partial charge in [-0.25, -0.2) is 4.99 Å². The van der Waals surface area contributed by atoms with Gasteiger partial charge in [0.1, 0.15) is 5.70 Å². The van der Waals surface area contributed by atoms with Crippen molar-refractivity contribution in [1.29, 1.82) is 5.26 Å². The fraction of sp³-hybridized carbons (Fsp3) is 0.321. The van der Waals surface area contributed by atoms with Gasteiger partial charge in [-0.05, 0) is 55.9 Å². The minimum atomic E-state index is -0.115. The topological polar surface area (TPSA) is 62.9 Å². The molecule has 0 aromatic heterocycles. The van der Waals surface area contributed by atoms with E-state index in [0.29, 0.717) is 43.1 Å². The molecule has 2 rings (SSSR count). The Hall–Kier alpha value is -3.85. The number of nitrogens with zero attached hydrogens (tertiary/aromatic N) is 5. The summed E-state index contributed by atoms with van der Waals surface area (Å²) in [6, 6.07) is 18.1. The second-order valence-corrected chi connectivity index (χ2v) is 8.32. The van der Waals surface area contributed by atoms with E-state index in [2.05, 4.69) is 60.4 Å². The molecule has 6 nitrogen and oxygen atoms in total. The molecule has 0 aliphatic carbocycles. The molecule has 0 saturated heterocycles. The highest BCUT2D eigenvalue weighted by atomic mass is 16.2. The van der Waals surface area contributed by atoms with Crippen molar-refractivity contribution in [2.24, 2.45) is 4.99 Å². The molecule has 0 spiro atoms. The van der Waals surface area contributed by atoms with E-state index in [1.807, 2.05) is 32.2 Å². The van der Waals surface area contributed by atoms with E-state index in [1.54, 1.807) is 29.1 Å². The van der Waals surface area contributed by atoms with E-state index in [1.165, 1.54) is 5.56 Å². The second-order valence-electron chi connectivity index (χ2n) is 8.32. The van der Waals surface area contributed by atoms with Crippen LogP contribution in [-0.2, 0) is 17.8 Å².